The van der Waals surface area contributed by atoms with Gasteiger partial charge in [-0.2, -0.15) is 0 Å². The standard InChI is InChI=1S/C14H15NOS/c1-10-8-9-17-14(10)13(16)11-4-6-12(7-5-11)15(2)3/h4-9H,1-3H3. The number of carbonyl (C=O) groups excluding carboxylic acids is 1. The summed E-state index contributed by atoms with van der Waals surface area (Å²) >= 11 is 1.50. The molecule has 0 saturated heterocycles. The third-order valence-corrected chi connectivity index (χ3v) is 3.73. The van der Waals surface area contributed by atoms with Gasteiger partial charge in [0.1, 0.15) is 0 Å². The fourth-order valence-electron chi connectivity index (χ4n) is 1.65. The van der Waals surface area contributed by atoms with E-state index < -0.39 is 0 Å². The molecule has 0 atom stereocenters. The van der Waals surface area contributed by atoms with Crippen LogP contribution in [0.1, 0.15) is 20.8 Å². The van der Waals surface area contributed by atoms with Gasteiger partial charge in [0.15, 0.2) is 0 Å². The molecule has 0 fully saturated rings. The van der Waals surface area contributed by atoms with Crippen molar-refractivity contribution in [3.05, 3.63) is 51.7 Å². The van der Waals surface area contributed by atoms with Gasteiger partial charge in [0.05, 0.1) is 4.88 Å². The zero-order valence-corrected chi connectivity index (χ0v) is 11.0. The molecule has 1 heterocycles. The molecule has 0 aliphatic carbocycles. The molecule has 88 valence electrons. The van der Waals surface area contributed by atoms with E-state index in [0.717, 1.165) is 21.7 Å². The smallest absolute Gasteiger partial charge is 0.203 e. The molecular formula is C14H15NOS. The highest BCUT2D eigenvalue weighted by molar-refractivity contribution is 7.12. The molecule has 2 aromatic rings. The average molecular weight is 245 g/mol. The molecule has 17 heavy (non-hydrogen) atoms. The van der Waals surface area contributed by atoms with Gasteiger partial charge in [0, 0.05) is 25.3 Å². The van der Waals surface area contributed by atoms with Crippen LogP contribution in [0.3, 0.4) is 0 Å². The Balaban J connectivity index is 2.29. The summed E-state index contributed by atoms with van der Waals surface area (Å²) in [5.41, 5.74) is 2.90. The van der Waals surface area contributed by atoms with Crippen molar-refractivity contribution >= 4 is 22.8 Å². The van der Waals surface area contributed by atoms with E-state index in [4.69, 9.17) is 0 Å². The highest BCUT2D eigenvalue weighted by Gasteiger charge is 2.12. The summed E-state index contributed by atoms with van der Waals surface area (Å²) in [7, 11) is 3.97. The third kappa shape index (κ3) is 2.39. The molecule has 0 amide bonds. The summed E-state index contributed by atoms with van der Waals surface area (Å²) in [6, 6.07) is 9.69. The molecule has 0 spiro atoms. The molecule has 2 rings (SSSR count). The number of anilines is 1. The SMILES string of the molecule is Cc1ccsc1C(=O)c1ccc(N(C)C)cc1. The molecule has 0 aliphatic heterocycles. The number of rotatable bonds is 3. The Hall–Kier alpha value is -1.61. The normalized spacial score (nSPS) is 10.3. The van der Waals surface area contributed by atoms with E-state index in [1.807, 2.05) is 61.6 Å². The van der Waals surface area contributed by atoms with Gasteiger partial charge in [0.25, 0.3) is 0 Å². The van der Waals surface area contributed by atoms with Crippen LogP contribution in [0.25, 0.3) is 0 Å². The first-order valence-electron chi connectivity index (χ1n) is 5.46. The number of benzene rings is 1. The predicted octanol–water partition coefficient (Wildman–Crippen LogP) is 3.35. The second-order valence-corrected chi connectivity index (χ2v) is 5.12. The molecule has 0 unspecified atom stereocenters. The fourth-order valence-corrected chi connectivity index (χ4v) is 2.53. The lowest BCUT2D eigenvalue weighted by Gasteiger charge is -2.12. The van der Waals surface area contributed by atoms with Crippen molar-refractivity contribution in [3.8, 4) is 0 Å². The number of aryl methyl sites for hydroxylation is 1. The van der Waals surface area contributed by atoms with E-state index in [9.17, 15) is 4.79 Å². The quantitative estimate of drug-likeness (QED) is 0.773. The maximum absolute atomic E-state index is 12.2. The molecule has 0 radical (unpaired) electrons. The minimum Gasteiger partial charge on any atom is -0.378 e. The third-order valence-electron chi connectivity index (χ3n) is 2.71. The Labute approximate surface area is 106 Å². The lowest BCUT2D eigenvalue weighted by Crippen LogP contribution is -2.09. The molecule has 0 saturated carbocycles. The molecule has 0 N–H and O–H groups in total. The minimum atomic E-state index is 0.114. The number of thiophene rings is 1. The number of ketones is 1. The van der Waals surface area contributed by atoms with Crippen LogP contribution in [0.4, 0.5) is 5.69 Å². The van der Waals surface area contributed by atoms with Crippen molar-refractivity contribution in [1.29, 1.82) is 0 Å². The highest BCUT2D eigenvalue weighted by Crippen LogP contribution is 2.21. The highest BCUT2D eigenvalue weighted by atomic mass is 32.1. The molecular weight excluding hydrogens is 230 g/mol. The van der Waals surface area contributed by atoms with E-state index in [0.29, 0.717) is 0 Å². The molecule has 1 aromatic heterocycles. The maximum atomic E-state index is 12.2. The van der Waals surface area contributed by atoms with Gasteiger partial charge in [-0.3, -0.25) is 4.79 Å². The Morgan fingerprint density at radius 3 is 2.24 bits per heavy atom. The Bertz CT molecular complexity index is 525. The number of nitrogens with zero attached hydrogens (tertiary/aromatic N) is 1. The van der Waals surface area contributed by atoms with Crippen LogP contribution < -0.4 is 4.90 Å². The van der Waals surface area contributed by atoms with Gasteiger partial charge >= 0.3 is 0 Å². The fraction of sp³-hybridized carbons (Fsp3) is 0.214. The topological polar surface area (TPSA) is 20.3 Å². The zero-order valence-electron chi connectivity index (χ0n) is 10.2. The van der Waals surface area contributed by atoms with Crippen molar-refractivity contribution in [2.45, 2.75) is 6.92 Å². The van der Waals surface area contributed by atoms with E-state index >= 15 is 0 Å². The largest absolute Gasteiger partial charge is 0.378 e. The monoisotopic (exact) mass is 245 g/mol. The molecule has 3 heteroatoms. The zero-order chi connectivity index (χ0) is 12.4. The van der Waals surface area contributed by atoms with Gasteiger partial charge in [-0.25, -0.2) is 0 Å². The van der Waals surface area contributed by atoms with Gasteiger partial charge in [-0.1, -0.05) is 0 Å². The summed E-state index contributed by atoms with van der Waals surface area (Å²) in [4.78, 5) is 15.1. The summed E-state index contributed by atoms with van der Waals surface area (Å²) in [5.74, 6) is 0.114. The van der Waals surface area contributed by atoms with Crippen LogP contribution in [-0.4, -0.2) is 19.9 Å². The van der Waals surface area contributed by atoms with Crippen molar-refractivity contribution in [1.82, 2.24) is 0 Å². The first-order valence-corrected chi connectivity index (χ1v) is 6.34. The number of hydrogen-bond acceptors (Lipinski definition) is 3. The van der Waals surface area contributed by atoms with Crippen LogP contribution in [-0.2, 0) is 0 Å². The van der Waals surface area contributed by atoms with Gasteiger partial charge in [-0.15, -0.1) is 11.3 Å². The Morgan fingerprint density at radius 1 is 1.12 bits per heavy atom. The van der Waals surface area contributed by atoms with E-state index in [1.54, 1.807) is 0 Å². The lowest BCUT2D eigenvalue weighted by atomic mass is 10.1. The van der Waals surface area contributed by atoms with Crippen LogP contribution in [0.2, 0.25) is 0 Å². The van der Waals surface area contributed by atoms with Crippen molar-refractivity contribution in [3.63, 3.8) is 0 Å². The lowest BCUT2D eigenvalue weighted by molar-refractivity contribution is 0.104. The Morgan fingerprint density at radius 2 is 1.76 bits per heavy atom. The molecule has 1 aromatic carbocycles. The van der Waals surface area contributed by atoms with Crippen LogP contribution >= 0.6 is 11.3 Å². The first kappa shape index (κ1) is 11.9. The van der Waals surface area contributed by atoms with E-state index in [2.05, 4.69) is 0 Å². The molecule has 0 bridgehead atoms. The van der Waals surface area contributed by atoms with Crippen molar-refractivity contribution < 1.29 is 4.79 Å². The second-order valence-electron chi connectivity index (χ2n) is 4.20. The Kier molecular flexibility index (Phi) is 3.29. The average Bonchev–Trinajstić information content (AvgIpc) is 2.74. The summed E-state index contributed by atoms with van der Waals surface area (Å²) < 4.78 is 0. The number of carbonyl (C=O) groups is 1. The first-order chi connectivity index (χ1) is 8.09. The predicted molar refractivity (Wildman–Crippen MR) is 73.3 cm³/mol. The summed E-state index contributed by atoms with van der Waals surface area (Å²) in [5, 5.41) is 1.96. The van der Waals surface area contributed by atoms with Gasteiger partial charge < -0.3 is 4.90 Å². The second kappa shape index (κ2) is 4.72. The minimum absolute atomic E-state index is 0.114. The molecule has 2 nitrogen and oxygen atoms in total. The van der Waals surface area contributed by atoms with E-state index in [-0.39, 0.29) is 5.78 Å². The number of hydrogen-bond donors (Lipinski definition) is 0. The van der Waals surface area contributed by atoms with Crippen molar-refractivity contribution in [2.24, 2.45) is 0 Å². The summed E-state index contributed by atoms with van der Waals surface area (Å²) in [6.45, 7) is 1.97. The van der Waals surface area contributed by atoms with Crippen LogP contribution in [0.15, 0.2) is 35.7 Å². The maximum Gasteiger partial charge on any atom is 0.203 e. The van der Waals surface area contributed by atoms with Gasteiger partial charge in [-0.05, 0) is 48.2 Å². The molecule has 0 aliphatic rings. The van der Waals surface area contributed by atoms with Crippen molar-refractivity contribution in [2.75, 3.05) is 19.0 Å². The van der Waals surface area contributed by atoms with E-state index in [1.165, 1.54) is 11.3 Å². The summed E-state index contributed by atoms with van der Waals surface area (Å²) in [6.07, 6.45) is 0. The van der Waals surface area contributed by atoms with Gasteiger partial charge in [0.2, 0.25) is 5.78 Å². The van der Waals surface area contributed by atoms with Crippen LogP contribution in [0.5, 0.6) is 0 Å². The van der Waals surface area contributed by atoms with Crippen LogP contribution in [0, 0.1) is 6.92 Å².